The molecule has 1 aliphatic carbocycles. The van der Waals surface area contributed by atoms with E-state index in [1.807, 2.05) is 0 Å². The summed E-state index contributed by atoms with van der Waals surface area (Å²) in [6.45, 7) is 0. The molecule has 0 spiro atoms. The van der Waals surface area contributed by atoms with Crippen LogP contribution in [0.4, 0.5) is 0 Å². The van der Waals surface area contributed by atoms with Crippen LogP contribution in [0.5, 0.6) is 0 Å². The molecule has 0 bridgehead atoms. The zero-order valence-corrected chi connectivity index (χ0v) is 11.5. The Morgan fingerprint density at radius 1 is 1.37 bits per heavy atom. The molecule has 1 aromatic heterocycles. The molecule has 1 fully saturated rings. The van der Waals surface area contributed by atoms with Gasteiger partial charge in [0.15, 0.2) is 10.8 Å². The molecule has 0 atom stereocenters. The summed E-state index contributed by atoms with van der Waals surface area (Å²) < 4.78 is 0. The number of hydrogen-bond donors (Lipinski definition) is 2. The van der Waals surface area contributed by atoms with E-state index in [2.05, 4.69) is 4.98 Å². The summed E-state index contributed by atoms with van der Waals surface area (Å²) in [5, 5.41) is 1.85. The van der Waals surface area contributed by atoms with Gasteiger partial charge in [-0.05, 0) is 38.0 Å². The minimum atomic E-state index is -0.600. The van der Waals surface area contributed by atoms with Gasteiger partial charge in [0.05, 0.1) is 0 Å². The second-order valence-electron chi connectivity index (χ2n) is 4.99. The van der Waals surface area contributed by atoms with Crippen LogP contribution in [0.2, 0.25) is 0 Å². The van der Waals surface area contributed by atoms with E-state index in [1.165, 1.54) is 5.38 Å². The Morgan fingerprint density at radius 2 is 2.05 bits per heavy atom. The fourth-order valence-electron chi connectivity index (χ4n) is 2.29. The van der Waals surface area contributed by atoms with Gasteiger partial charge in [-0.25, -0.2) is 4.98 Å². The van der Waals surface area contributed by atoms with E-state index in [9.17, 15) is 9.59 Å². The summed E-state index contributed by atoms with van der Waals surface area (Å²) in [6.07, 6.45) is 6.67. The molecular weight excluding hydrogens is 262 g/mol. The number of Topliss-reactive ketones (excluding diaryl/α,β-unsaturated/α-hetero) is 1. The van der Waals surface area contributed by atoms with Gasteiger partial charge in [0.25, 0.3) is 5.91 Å². The van der Waals surface area contributed by atoms with Gasteiger partial charge in [-0.3, -0.25) is 9.59 Å². The molecule has 0 saturated heterocycles. The van der Waals surface area contributed by atoms with Gasteiger partial charge in [0.1, 0.15) is 5.69 Å². The average molecular weight is 280 g/mol. The lowest BCUT2D eigenvalue weighted by Gasteiger charge is -2.25. The first-order chi connectivity index (χ1) is 9.06. The molecule has 2 rings (SSSR count). The van der Waals surface area contributed by atoms with E-state index in [4.69, 9.17) is 11.5 Å². The van der Waals surface area contributed by atoms with Crippen LogP contribution in [-0.4, -0.2) is 22.7 Å². The molecule has 0 aliphatic heterocycles. The minimum Gasteiger partial charge on any atom is -0.364 e. The van der Waals surface area contributed by atoms with E-state index < -0.39 is 5.91 Å². The highest BCUT2D eigenvalue weighted by molar-refractivity contribution is 7.12. The highest BCUT2D eigenvalue weighted by Gasteiger charge is 2.21. The van der Waals surface area contributed by atoms with Crippen molar-refractivity contribution in [2.75, 3.05) is 0 Å². The zero-order chi connectivity index (χ0) is 13.8. The lowest BCUT2D eigenvalue weighted by molar-refractivity contribution is 0.0996. The smallest absolute Gasteiger partial charge is 0.268 e. The van der Waals surface area contributed by atoms with Crippen molar-refractivity contribution in [2.24, 2.45) is 17.4 Å². The Hall–Kier alpha value is -1.27. The summed E-state index contributed by atoms with van der Waals surface area (Å²) in [7, 11) is 0. The van der Waals surface area contributed by atoms with E-state index >= 15 is 0 Å². The van der Waals surface area contributed by atoms with Crippen LogP contribution in [0.25, 0.3) is 0 Å². The maximum Gasteiger partial charge on any atom is 0.268 e. The molecule has 5 nitrogen and oxygen atoms in total. The van der Waals surface area contributed by atoms with Gasteiger partial charge >= 0.3 is 0 Å². The summed E-state index contributed by atoms with van der Waals surface area (Å²) in [4.78, 5) is 26.7. The fraction of sp³-hybridized carbons (Fsp3) is 0.538. The lowest BCUT2D eigenvalue weighted by Crippen LogP contribution is -2.26. The van der Waals surface area contributed by atoms with Crippen LogP contribution in [0, 0.1) is 12.3 Å². The predicted octanol–water partition coefficient (Wildman–Crippen LogP) is 1.54. The molecule has 19 heavy (non-hydrogen) atoms. The van der Waals surface area contributed by atoms with Crippen LogP contribution in [0.3, 0.4) is 0 Å². The lowest BCUT2D eigenvalue weighted by atomic mass is 9.83. The second kappa shape index (κ2) is 6.25. The Kier molecular flexibility index (Phi) is 4.66. The van der Waals surface area contributed by atoms with Crippen molar-refractivity contribution in [1.82, 2.24) is 4.98 Å². The van der Waals surface area contributed by atoms with Crippen molar-refractivity contribution in [1.29, 1.82) is 0 Å². The standard InChI is InChI=1S/C13H18N3O2S/c14-9-4-1-8(2-5-9)3-6-11(17)13-16-10(7-19-13)12(15)18/h6-9H,1-5,14H2,(H2,15,18). The van der Waals surface area contributed by atoms with E-state index in [1.54, 1.807) is 6.42 Å². The predicted molar refractivity (Wildman–Crippen MR) is 73.8 cm³/mol. The first-order valence-electron chi connectivity index (χ1n) is 6.44. The van der Waals surface area contributed by atoms with Crippen LogP contribution in [0.1, 0.15) is 52.4 Å². The number of carbonyl (C=O) groups is 2. The molecule has 1 radical (unpaired) electrons. The maximum absolute atomic E-state index is 11.9. The Morgan fingerprint density at radius 3 is 2.63 bits per heavy atom. The first-order valence-corrected chi connectivity index (χ1v) is 7.32. The van der Waals surface area contributed by atoms with Crippen LogP contribution < -0.4 is 11.5 Å². The maximum atomic E-state index is 11.9. The average Bonchev–Trinajstić information content (AvgIpc) is 2.87. The second-order valence-corrected chi connectivity index (χ2v) is 5.85. The van der Waals surface area contributed by atoms with Crippen LogP contribution >= 0.6 is 11.3 Å². The number of hydrogen-bond acceptors (Lipinski definition) is 5. The van der Waals surface area contributed by atoms with Crippen molar-refractivity contribution >= 4 is 23.0 Å². The zero-order valence-electron chi connectivity index (χ0n) is 10.7. The number of ketones is 1. The third kappa shape index (κ3) is 3.84. The molecule has 0 unspecified atom stereocenters. The van der Waals surface area contributed by atoms with Crippen molar-refractivity contribution in [3.63, 3.8) is 0 Å². The number of aromatic nitrogens is 1. The summed E-state index contributed by atoms with van der Waals surface area (Å²) in [6, 6.07) is 0.323. The number of amides is 1. The molecule has 103 valence electrons. The van der Waals surface area contributed by atoms with E-state index in [-0.39, 0.29) is 11.5 Å². The van der Waals surface area contributed by atoms with E-state index in [0.717, 1.165) is 43.4 Å². The molecule has 1 aromatic rings. The quantitative estimate of drug-likeness (QED) is 0.799. The number of nitrogens with two attached hydrogens (primary N) is 2. The topological polar surface area (TPSA) is 99.1 Å². The Labute approximate surface area is 116 Å². The van der Waals surface area contributed by atoms with Gasteiger partial charge in [0.2, 0.25) is 0 Å². The van der Waals surface area contributed by atoms with Crippen LogP contribution in [0.15, 0.2) is 5.38 Å². The van der Waals surface area contributed by atoms with Crippen molar-refractivity contribution in [3.8, 4) is 0 Å². The third-order valence-electron chi connectivity index (χ3n) is 3.50. The van der Waals surface area contributed by atoms with Crippen molar-refractivity contribution in [3.05, 3.63) is 22.5 Å². The van der Waals surface area contributed by atoms with Crippen molar-refractivity contribution < 1.29 is 9.59 Å². The normalized spacial score (nSPS) is 23.2. The van der Waals surface area contributed by atoms with Gasteiger partial charge in [0, 0.05) is 17.8 Å². The highest BCUT2D eigenvalue weighted by Crippen LogP contribution is 2.27. The molecule has 1 saturated carbocycles. The van der Waals surface area contributed by atoms with Gasteiger partial charge < -0.3 is 11.5 Å². The fourth-order valence-corrected chi connectivity index (χ4v) is 3.03. The SMILES string of the molecule is NC(=O)c1csc(C(=O)[CH]CC2CCC(N)CC2)n1. The van der Waals surface area contributed by atoms with Crippen LogP contribution in [-0.2, 0) is 0 Å². The number of thiazole rings is 1. The van der Waals surface area contributed by atoms with Gasteiger partial charge in [-0.1, -0.05) is 0 Å². The molecule has 1 aliphatic rings. The third-order valence-corrected chi connectivity index (χ3v) is 4.35. The van der Waals surface area contributed by atoms with Gasteiger partial charge in [-0.2, -0.15) is 0 Å². The minimum absolute atomic E-state index is 0.118. The number of rotatable bonds is 5. The molecular formula is C13H18N3O2S. The summed E-state index contributed by atoms with van der Waals surface area (Å²) in [5.41, 5.74) is 11.1. The monoisotopic (exact) mass is 280 g/mol. The Balaban J connectivity index is 1.82. The number of nitrogens with zero attached hydrogens (tertiary/aromatic N) is 1. The molecule has 1 amide bonds. The Bertz CT molecular complexity index is 464. The molecule has 0 aromatic carbocycles. The van der Waals surface area contributed by atoms with Crippen molar-refractivity contribution in [2.45, 2.75) is 38.1 Å². The molecule has 1 heterocycles. The molecule has 6 heteroatoms. The number of carbonyl (C=O) groups excluding carboxylic acids is 2. The van der Waals surface area contributed by atoms with E-state index in [0.29, 0.717) is 17.0 Å². The highest BCUT2D eigenvalue weighted by atomic mass is 32.1. The van der Waals surface area contributed by atoms with Gasteiger partial charge in [-0.15, -0.1) is 11.3 Å². The summed E-state index contributed by atoms with van der Waals surface area (Å²) >= 11 is 1.16. The summed E-state index contributed by atoms with van der Waals surface area (Å²) in [5.74, 6) is -0.178. The number of primary amides is 1. The first kappa shape index (κ1) is 14.1. The largest absolute Gasteiger partial charge is 0.364 e. The molecule has 4 N–H and O–H groups in total.